The number of halogens is 1. The lowest BCUT2D eigenvalue weighted by Gasteiger charge is -2.41. The number of benzene rings is 2. The molecule has 2 aromatic carbocycles. The molecular weight excluding hydrogens is 564 g/mol. The van der Waals surface area contributed by atoms with Gasteiger partial charge in [0.1, 0.15) is 12.4 Å². The predicted octanol–water partition coefficient (Wildman–Crippen LogP) is 5.19. The highest BCUT2D eigenvalue weighted by Crippen LogP contribution is 2.36. The molecule has 0 saturated carbocycles. The van der Waals surface area contributed by atoms with Gasteiger partial charge in [0, 0.05) is 38.3 Å². The zero-order valence-electron chi connectivity index (χ0n) is 24.6. The van der Waals surface area contributed by atoms with E-state index in [2.05, 4.69) is 11.0 Å². The maximum absolute atomic E-state index is 13.9. The molecule has 4 rings (SSSR count). The third-order valence-electron chi connectivity index (χ3n) is 8.11. The molecule has 8 nitrogen and oxygen atoms in total. The number of hydrogen-bond donors (Lipinski definition) is 0. The number of carbonyl (C=O) groups excluding carboxylic acids is 1. The molecular formula is C31H43ClN2O6S. The van der Waals surface area contributed by atoms with Gasteiger partial charge in [0.25, 0.3) is 0 Å². The molecule has 2 aliphatic rings. The summed E-state index contributed by atoms with van der Waals surface area (Å²) in [5, 5.41) is 0. The summed E-state index contributed by atoms with van der Waals surface area (Å²) in [4.78, 5) is 15.1. The van der Waals surface area contributed by atoms with Crippen molar-refractivity contribution in [2.75, 3.05) is 50.7 Å². The Labute approximate surface area is 249 Å². The van der Waals surface area contributed by atoms with Gasteiger partial charge < -0.3 is 19.1 Å². The highest BCUT2D eigenvalue weighted by atomic mass is 35.5. The molecule has 226 valence electrons. The van der Waals surface area contributed by atoms with E-state index in [4.69, 9.17) is 25.8 Å². The summed E-state index contributed by atoms with van der Waals surface area (Å²) in [5.74, 6) is 0.687. The van der Waals surface area contributed by atoms with Crippen molar-refractivity contribution in [3.63, 3.8) is 0 Å². The number of Topliss-reactive ketones (excluding diaryl/α,β-unsaturated/α-hetero) is 1. The van der Waals surface area contributed by atoms with Crippen LogP contribution < -0.4 is 9.64 Å². The predicted molar refractivity (Wildman–Crippen MR) is 161 cm³/mol. The van der Waals surface area contributed by atoms with Crippen molar-refractivity contribution in [3.8, 4) is 5.75 Å². The van der Waals surface area contributed by atoms with Gasteiger partial charge in [-0.15, -0.1) is 11.6 Å². The van der Waals surface area contributed by atoms with Gasteiger partial charge in [0.05, 0.1) is 35.7 Å². The van der Waals surface area contributed by atoms with Crippen LogP contribution in [0.1, 0.15) is 50.7 Å². The Hall–Kier alpha value is -2.17. The van der Waals surface area contributed by atoms with Gasteiger partial charge in [-0.3, -0.25) is 4.79 Å². The summed E-state index contributed by atoms with van der Waals surface area (Å²) in [6.45, 7) is 9.26. The summed E-state index contributed by atoms with van der Waals surface area (Å²) in [6, 6.07) is 12.7. The number of carbonyl (C=O) groups is 1. The van der Waals surface area contributed by atoms with E-state index in [1.54, 1.807) is 35.7 Å². The van der Waals surface area contributed by atoms with E-state index in [1.807, 2.05) is 32.9 Å². The zero-order valence-corrected chi connectivity index (χ0v) is 26.2. The number of ether oxygens (including phenoxy) is 3. The van der Waals surface area contributed by atoms with E-state index in [0.29, 0.717) is 39.1 Å². The molecule has 0 N–H and O–H groups in total. The topological polar surface area (TPSA) is 85.4 Å². The summed E-state index contributed by atoms with van der Waals surface area (Å²) < 4.78 is 46.8. The summed E-state index contributed by atoms with van der Waals surface area (Å²) >= 11 is 5.88. The molecule has 2 atom stereocenters. The number of methoxy groups -OCH3 is 1. The quantitative estimate of drug-likeness (QED) is 0.229. The molecule has 0 spiro atoms. The second-order valence-corrected chi connectivity index (χ2v) is 13.8. The highest BCUT2D eigenvalue weighted by molar-refractivity contribution is 7.89. The second kappa shape index (κ2) is 13.9. The fourth-order valence-corrected chi connectivity index (χ4v) is 7.63. The SMILES string of the molecule is COCCCN1CCOc2ccc(CO[C@@H]3CC[C@@H](CC(C)(C)C(=O)CCl)N(S(=O)(=O)c4ccc(C)cc4)C3)cc21. The molecule has 0 aromatic heterocycles. The zero-order chi connectivity index (χ0) is 29.6. The first-order valence-electron chi connectivity index (χ1n) is 14.3. The van der Waals surface area contributed by atoms with Gasteiger partial charge in [0.15, 0.2) is 5.78 Å². The number of fused-ring (bicyclic) bond motifs is 1. The van der Waals surface area contributed by atoms with Crippen LogP contribution in [0.5, 0.6) is 5.75 Å². The van der Waals surface area contributed by atoms with Gasteiger partial charge in [-0.05, 0) is 62.4 Å². The van der Waals surface area contributed by atoms with Crippen molar-refractivity contribution in [2.45, 2.75) is 70.1 Å². The number of anilines is 1. The minimum Gasteiger partial charge on any atom is -0.490 e. The summed E-state index contributed by atoms with van der Waals surface area (Å²) in [5.41, 5.74) is 2.31. The van der Waals surface area contributed by atoms with Gasteiger partial charge in [0.2, 0.25) is 10.0 Å². The van der Waals surface area contributed by atoms with Gasteiger partial charge in [-0.2, -0.15) is 4.31 Å². The second-order valence-electron chi connectivity index (χ2n) is 11.7. The Balaban J connectivity index is 1.50. The number of nitrogens with zero attached hydrogens (tertiary/aromatic N) is 2. The van der Waals surface area contributed by atoms with Gasteiger partial charge in [-0.1, -0.05) is 37.6 Å². The van der Waals surface area contributed by atoms with Crippen molar-refractivity contribution in [3.05, 3.63) is 53.6 Å². The lowest BCUT2D eigenvalue weighted by atomic mass is 9.80. The maximum Gasteiger partial charge on any atom is 0.243 e. The first-order valence-corrected chi connectivity index (χ1v) is 16.3. The smallest absolute Gasteiger partial charge is 0.243 e. The van der Waals surface area contributed by atoms with Crippen LogP contribution in [0, 0.1) is 12.3 Å². The average Bonchev–Trinajstić information content (AvgIpc) is 2.96. The Morgan fingerprint density at radius 2 is 1.90 bits per heavy atom. The minimum absolute atomic E-state index is 0.0853. The average molecular weight is 607 g/mol. The van der Waals surface area contributed by atoms with Crippen LogP contribution in [0.3, 0.4) is 0 Å². The third kappa shape index (κ3) is 7.82. The minimum atomic E-state index is -3.80. The van der Waals surface area contributed by atoms with Gasteiger partial charge in [-0.25, -0.2) is 8.42 Å². The van der Waals surface area contributed by atoms with E-state index >= 15 is 0 Å². The molecule has 0 unspecified atom stereocenters. The Bertz CT molecular complexity index is 1280. The number of ketones is 1. The standard InChI is InChI=1S/C31H43ClN2O6S/c1-23-6-11-27(12-7-23)41(36,37)34-21-26(10-9-25(34)19-31(2,3)30(35)20-32)40-22-24-8-13-29-28(18-24)33(15-17-39-29)14-5-16-38-4/h6-8,11-13,18,25-26H,5,9-10,14-17,19-22H2,1-4H3/t25-,26+/m0/s1. The number of aryl methyl sites for hydroxylation is 1. The lowest BCUT2D eigenvalue weighted by Crippen LogP contribution is -2.51. The summed E-state index contributed by atoms with van der Waals surface area (Å²) in [7, 11) is -2.09. The molecule has 0 bridgehead atoms. The molecule has 0 amide bonds. The fourth-order valence-electron chi connectivity index (χ4n) is 5.58. The monoisotopic (exact) mass is 606 g/mol. The Kier molecular flexibility index (Phi) is 10.7. The molecule has 2 aliphatic heterocycles. The lowest BCUT2D eigenvalue weighted by molar-refractivity contribution is -0.125. The normalized spacial score (nSPS) is 20.0. The number of sulfonamides is 1. The van der Waals surface area contributed by atoms with E-state index in [-0.39, 0.29) is 35.2 Å². The number of piperidine rings is 1. The third-order valence-corrected chi connectivity index (χ3v) is 10.3. The molecule has 41 heavy (non-hydrogen) atoms. The molecule has 10 heteroatoms. The number of rotatable bonds is 13. The van der Waals surface area contributed by atoms with Gasteiger partial charge >= 0.3 is 0 Å². The van der Waals surface area contributed by atoms with Crippen molar-refractivity contribution in [2.24, 2.45) is 5.41 Å². The van der Waals surface area contributed by atoms with Crippen LogP contribution in [0.25, 0.3) is 0 Å². The Morgan fingerprint density at radius 3 is 2.61 bits per heavy atom. The molecule has 2 heterocycles. The van der Waals surface area contributed by atoms with E-state index in [0.717, 1.165) is 42.1 Å². The number of alkyl halides is 1. The van der Waals surface area contributed by atoms with Crippen molar-refractivity contribution < 1.29 is 27.4 Å². The van der Waals surface area contributed by atoms with Crippen LogP contribution in [0.15, 0.2) is 47.4 Å². The molecule has 1 saturated heterocycles. The molecule has 1 fully saturated rings. The van der Waals surface area contributed by atoms with E-state index in [9.17, 15) is 13.2 Å². The van der Waals surface area contributed by atoms with Crippen LogP contribution >= 0.6 is 11.6 Å². The molecule has 0 radical (unpaired) electrons. The van der Waals surface area contributed by atoms with Crippen LogP contribution in [0.2, 0.25) is 0 Å². The maximum atomic E-state index is 13.9. The largest absolute Gasteiger partial charge is 0.490 e. The Morgan fingerprint density at radius 1 is 1.15 bits per heavy atom. The van der Waals surface area contributed by atoms with Crippen molar-refractivity contribution >= 4 is 33.1 Å². The van der Waals surface area contributed by atoms with Crippen LogP contribution in [0.4, 0.5) is 5.69 Å². The van der Waals surface area contributed by atoms with Crippen LogP contribution in [-0.2, 0) is 30.9 Å². The first-order chi connectivity index (χ1) is 19.5. The van der Waals surface area contributed by atoms with E-state index in [1.165, 1.54) is 0 Å². The first kappa shape index (κ1) is 31.8. The number of hydrogen-bond acceptors (Lipinski definition) is 7. The van der Waals surface area contributed by atoms with E-state index < -0.39 is 15.4 Å². The van der Waals surface area contributed by atoms with Crippen molar-refractivity contribution in [1.82, 2.24) is 4.31 Å². The fraction of sp³-hybridized carbons (Fsp3) is 0.581. The molecule has 0 aliphatic carbocycles. The van der Waals surface area contributed by atoms with Crippen molar-refractivity contribution in [1.29, 1.82) is 0 Å². The molecule has 2 aromatic rings. The van der Waals surface area contributed by atoms with Crippen LogP contribution in [-0.4, -0.2) is 76.5 Å². The summed E-state index contributed by atoms with van der Waals surface area (Å²) in [6.07, 6.45) is 2.36. The highest BCUT2D eigenvalue weighted by Gasteiger charge is 2.41.